The first-order valence-corrected chi connectivity index (χ1v) is 7.27. The van der Waals surface area contributed by atoms with E-state index in [4.69, 9.17) is 5.21 Å². The summed E-state index contributed by atoms with van der Waals surface area (Å²) in [6.07, 6.45) is 0.393. The number of rotatable bonds is 5. The summed E-state index contributed by atoms with van der Waals surface area (Å²) >= 11 is 0. The Kier molecular flexibility index (Phi) is 4.69. The topological polar surface area (TPSA) is 66.7 Å². The van der Waals surface area contributed by atoms with E-state index >= 15 is 0 Å². The number of nitrogens with zero attached hydrogens (tertiary/aromatic N) is 1. The molecule has 0 aliphatic rings. The quantitative estimate of drug-likeness (QED) is 0.497. The van der Waals surface area contributed by atoms with Gasteiger partial charge in [0.25, 0.3) is 0 Å². The van der Waals surface area contributed by atoms with Gasteiger partial charge in [0, 0.05) is 11.3 Å². The van der Waals surface area contributed by atoms with Crippen LogP contribution in [0.1, 0.15) is 25.8 Å². The minimum Gasteiger partial charge on any atom is -0.411 e. The van der Waals surface area contributed by atoms with Crippen LogP contribution in [0.4, 0.5) is 0 Å². The molecular formula is C12H17NO3S. The van der Waals surface area contributed by atoms with Crippen LogP contribution in [0.3, 0.4) is 0 Å². The van der Waals surface area contributed by atoms with Crippen LogP contribution in [0.5, 0.6) is 0 Å². The van der Waals surface area contributed by atoms with Crippen molar-refractivity contribution in [1.29, 1.82) is 0 Å². The molecule has 5 heteroatoms. The molecule has 0 fully saturated rings. The van der Waals surface area contributed by atoms with Crippen LogP contribution < -0.4 is 0 Å². The summed E-state index contributed by atoms with van der Waals surface area (Å²) in [5.41, 5.74) is 0.855. The normalized spacial score (nSPS) is 14.6. The molecule has 0 aromatic heterocycles. The highest BCUT2D eigenvalue weighted by Gasteiger charge is 2.28. The van der Waals surface area contributed by atoms with Gasteiger partial charge in [0.15, 0.2) is 9.84 Å². The maximum Gasteiger partial charge on any atom is 0.158 e. The summed E-state index contributed by atoms with van der Waals surface area (Å²) in [5, 5.41) is 11.5. The van der Waals surface area contributed by atoms with Crippen LogP contribution in [0.2, 0.25) is 0 Å². The predicted molar refractivity (Wildman–Crippen MR) is 68.3 cm³/mol. The molecule has 0 saturated carbocycles. The summed E-state index contributed by atoms with van der Waals surface area (Å²) in [7, 11) is -3.26. The van der Waals surface area contributed by atoms with Crippen molar-refractivity contribution in [3.8, 4) is 0 Å². The zero-order valence-corrected chi connectivity index (χ0v) is 10.8. The van der Waals surface area contributed by atoms with Gasteiger partial charge in [0.05, 0.1) is 0 Å². The van der Waals surface area contributed by atoms with Crippen LogP contribution in [0, 0.1) is 0 Å². The van der Waals surface area contributed by atoms with Crippen molar-refractivity contribution in [3.63, 3.8) is 0 Å². The second kappa shape index (κ2) is 5.82. The Morgan fingerprint density at radius 2 is 1.88 bits per heavy atom. The number of sulfone groups is 1. The molecule has 1 rings (SSSR count). The fourth-order valence-electron chi connectivity index (χ4n) is 1.74. The highest BCUT2D eigenvalue weighted by Crippen LogP contribution is 2.15. The number of hydrogen-bond acceptors (Lipinski definition) is 4. The summed E-state index contributed by atoms with van der Waals surface area (Å²) in [5.74, 6) is 0.0390. The second-order valence-corrected chi connectivity index (χ2v) is 6.17. The molecule has 4 nitrogen and oxygen atoms in total. The molecule has 1 atom stereocenters. The first-order chi connectivity index (χ1) is 8.06. The van der Waals surface area contributed by atoms with E-state index in [1.165, 1.54) is 0 Å². The van der Waals surface area contributed by atoms with E-state index in [1.54, 1.807) is 38.1 Å². The Hall–Kier alpha value is -1.36. The Labute approximate surface area is 102 Å². The molecule has 0 heterocycles. The summed E-state index contributed by atoms with van der Waals surface area (Å²) in [4.78, 5) is 0. The van der Waals surface area contributed by atoms with Crippen molar-refractivity contribution in [2.75, 3.05) is 5.75 Å². The maximum absolute atomic E-state index is 11.9. The van der Waals surface area contributed by atoms with E-state index in [0.717, 1.165) is 0 Å². The molecule has 17 heavy (non-hydrogen) atoms. The van der Waals surface area contributed by atoms with Gasteiger partial charge in [-0.05, 0) is 6.42 Å². The number of hydrogen-bond donors (Lipinski definition) is 1. The van der Waals surface area contributed by atoms with Crippen LogP contribution in [0.25, 0.3) is 0 Å². The third-order valence-electron chi connectivity index (χ3n) is 2.69. The molecule has 1 aromatic carbocycles. The summed E-state index contributed by atoms with van der Waals surface area (Å²) in [6, 6.07) is 8.87. The van der Waals surface area contributed by atoms with E-state index in [0.29, 0.717) is 12.0 Å². The predicted octanol–water partition coefficient (Wildman–Crippen LogP) is 2.08. The fraction of sp³-hybridized carbons (Fsp3) is 0.417. The number of oxime groups is 1. The zero-order valence-electron chi connectivity index (χ0n) is 10.00. The van der Waals surface area contributed by atoms with E-state index in [2.05, 4.69) is 5.16 Å². The minimum absolute atomic E-state index is 0.0390. The molecule has 0 aliphatic carbocycles. The highest BCUT2D eigenvalue weighted by molar-refractivity contribution is 7.92. The maximum atomic E-state index is 11.9. The van der Waals surface area contributed by atoms with Gasteiger partial charge in [-0.25, -0.2) is 8.42 Å². The lowest BCUT2D eigenvalue weighted by atomic mass is 10.1. The molecule has 1 unspecified atom stereocenters. The van der Waals surface area contributed by atoms with Gasteiger partial charge in [0.2, 0.25) is 0 Å². The lowest BCUT2D eigenvalue weighted by Crippen LogP contribution is -2.31. The van der Waals surface area contributed by atoms with Crippen molar-refractivity contribution < 1.29 is 13.6 Å². The Morgan fingerprint density at radius 1 is 1.29 bits per heavy atom. The standard InChI is InChI=1S/C12H17NO3S/c1-3-11(17(15,16)4-2)12(13-14)10-8-6-5-7-9-10/h5-9,11,14H,3-4H2,1-2H3. The van der Waals surface area contributed by atoms with Gasteiger partial charge < -0.3 is 5.21 Å². The van der Waals surface area contributed by atoms with Crippen molar-refractivity contribution in [2.24, 2.45) is 5.16 Å². The average molecular weight is 255 g/mol. The van der Waals surface area contributed by atoms with E-state index in [1.807, 2.05) is 6.07 Å². The fourth-order valence-corrected chi connectivity index (χ4v) is 3.17. The van der Waals surface area contributed by atoms with Gasteiger partial charge in [0.1, 0.15) is 11.0 Å². The summed E-state index contributed by atoms with van der Waals surface area (Å²) < 4.78 is 23.8. The lowest BCUT2D eigenvalue weighted by Gasteiger charge is -2.16. The van der Waals surface area contributed by atoms with Crippen molar-refractivity contribution >= 4 is 15.5 Å². The zero-order chi connectivity index (χ0) is 12.9. The van der Waals surface area contributed by atoms with Gasteiger partial charge in [-0.3, -0.25) is 0 Å². The number of benzene rings is 1. The van der Waals surface area contributed by atoms with Crippen LogP contribution in [-0.4, -0.2) is 30.3 Å². The molecule has 0 bridgehead atoms. The monoisotopic (exact) mass is 255 g/mol. The Balaban J connectivity index is 3.20. The first-order valence-electron chi connectivity index (χ1n) is 5.55. The van der Waals surface area contributed by atoms with E-state index in [9.17, 15) is 8.42 Å². The van der Waals surface area contributed by atoms with E-state index in [-0.39, 0.29) is 11.5 Å². The SMILES string of the molecule is CCC(C(=NO)c1ccccc1)S(=O)(=O)CC. The van der Waals surface area contributed by atoms with Crippen molar-refractivity contribution in [2.45, 2.75) is 25.5 Å². The third kappa shape index (κ3) is 3.06. The molecule has 0 spiro atoms. The molecule has 0 aliphatic heterocycles. The molecule has 0 saturated heterocycles. The van der Waals surface area contributed by atoms with Crippen LogP contribution in [0.15, 0.2) is 35.5 Å². The molecule has 0 radical (unpaired) electrons. The first kappa shape index (κ1) is 13.7. The smallest absolute Gasteiger partial charge is 0.158 e. The third-order valence-corrected chi connectivity index (χ3v) is 4.92. The lowest BCUT2D eigenvalue weighted by molar-refractivity contribution is 0.318. The largest absolute Gasteiger partial charge is 0.411 e. The van der Waals surface area contributed by atoms with Gasteiger partial charge >= 0.3 is 0 Å². The second-order valence-electron chi connectivity index (χ2n) is 3.70. The van der Waals surface area contributed by atoms with Crippen LogP contribution in [-0.2, 0) is 9.84 Å². The minimum atomic E-state index is -3.26. The van der Waals surface area contributed by atoms with Gasteiger partial charge in [-0.2, -0.15) is 0 Å². The van der Waals surface area contributed by atoms with Crippen molar-refractivity contribution in [1.82, 2.24) is 0 Å². The summed E-state index contributed by atoms with van der Waals surface area (Å²) in [6.45, 7) is 3.37. The van der Waals surface area contributed by atoms with Crippen molar-refractivity contribution in [3.05, 3.63) is 35.9 Å². The molecule has 94 valence electrons. The Morgan fingerprint density at radius 3 is 2.29 bits per heavy atom. The molecule has 0 amide bonds. The van der Waals surface area contributed by atoms with E-state index < -0.39 is 15.1 Å². The molecular weight excluding hydrogens is 238 g/mol. The average Bonchev–Trinajstić information content (AvgIpc) is 2.36. The molecule has 1 aromatic rings. The Bertz CT molecular complexity index is 480. The van der Waals surface area contributed by atoms with Crippen LogP contribution >= 0.6 is 0 Å². The highest BCUT2D eigenvalue weighted by atomic mass is 32.2. The van der Waals surface area contributed by atoms with Gasteiger partial charge in [-0.15, -0.1) is 0 Å². The van der Waals surface area contributed by atoms with Gasteiger partial charge in [-0.1, -0.05) is 49.3 Å². The molecule has 1 N–H and O–H groups in total.